The zero-order valence-electron chi connectivity index (χ0n) is 6.56. The zero-order valence-corrected chi connectivity index (χ0v) is 7.38. The van der Waals surface area contributed by atoms with E-state index in [-0.39, 0.29) is 6.10 Å². The molecule has 0 spiro atoms. The monoisotopic (exact) mass is 179 g/mol. The number of rotatable bonds is 1. The SMILES string of the molecule is N#CSC=C1[C@@H]2C=CC[C@H]1OC2. The van der Waals surface area contributed by atoms with E-state index < -0.39 is 0 Å². The highest BCUT2D eigenvalue weighted by Gasteiger charge is 2.31. The average molecular weight is 179 g/mol. The summed E-state index contributed by atoms with van der Waals surface area (Å²) in [6, 6.07) is 0. The zero-order chi connectivity index (χ0) is 8.39. The summed E-state index contributed by atoms with van der Waals surface area (Å²) in [5.74, 6) is 0.435. The molecule has 1 aliphatic heterocycles. The molecule has 1 aliphatic carbocycles. The van der Waals surface area contributed by atoms with Crippen molar-refractivity contribution in [2.24, 2.45) is 5.92 Å². The van der Waals surface area contributed by atoms with Gasteiger partial charge in [0.2, 0.25) is 0 Å². The van der Waals surface area contributed by atoms with Crippen LogP contribution >= 0.6 is 11.8 Å². The van der Waals surface area contributed by atoms with E-state index >= 15 is 0 Å². The van der Waals surface area contributed by atoms with Crippen molar-refractivity contribution in [2.75, 3.05) is 6.61 Å². The number of ether oxygens (including phenoxy) is 1. The number of hydrogen-bond donors (Lipinski definition) is 0. The molecule has 0 unspecified atom stereocenters. The van der Waals surface area contributed by atoms with Gasteiger partial charge in [-0.1, -0.05) is 12.2 Å². The van der Waals surface area contributed by atoms with Crippen molar-refractivity contribution in [2.45, 2.75) is 12.5 Å². The van der Waals surface area contributed by atoms with Crippen molar-refractivity contribution in [1.82, 2.24) is 0 Å². The molecular formula is C9H9NOS. The highest BCUT2D eigenvalue weighted by atomic mass is 32.2. The van der Waals surface area contributed by atoms with Crippen LogP contribution in [0.1, 0.15) is 6.42 Å². The van der Waals surface area contributed by atoms with Crippen molar-refractivity contribution in [3.8, 4) is 5.40 Å². The fourth-order valence-corrected chi connectivity index (χ4v) is 2.16. The van der Waals surface area contributed by atoms with Gasteiger partial charge >= 0.3 is 0 Å². The van der Waals surface area contributed by atoms with Crippen molar-refractivity contribution in [3.05, 3.63) is 23.1 Å². The molecule has 2 bridgehead atoms. The van der Waals surface area contributed by atoms with E-state index in [1.54, 1.807) is 0 Å². The fourth-order valence-electron chi connectivity index (χ4n) is 1.65. The largest absolute Gasteiger partial charge is 0.373 e. The second kappa shape index (κ2) is 3.34. The van der Waals surface area contributed by atoms with Crippen molar-refractivity contribution < 1.29 is 4.74 Å². The Labute approximate surface area is 75.9 Å². The quantitative estimate of drug-likeness (QED) is 0.456. The lowest BCUT2D eigenvalue weighted by molar-refractivity contribution is 0.125. The molecule has 1 fully saturated rings. The third-order valence-electron chi connectivity index (χ3n) is 2.24. The van der Waals surface area contributed by atoms with Gasteiger partial charge in [0.1, 0.15) is 5.40 Å². The highest BCUT2D eigenvalue weighted by Crippen LogP contribution is 2.34. The van der Waals surface area contributed by atoms with Gasteiger partial charge in [-0.15, -0.1) is 0 Å². The Hall–Kier alpha value is -0.720. The van der Waals surface area contributed by atoms with E-state index in [2.05, 4.69) is 12.2 Å². The molecular weight excluding hydrogens is 170 g/mol. The van der Waals surface area contributed by atoms with Gasteiger partial charge in [0.05, 0.1) is 12.7 Å². The Morgan fingerprint density at radius 1 is 1.75 bits per heavy atom. The molecule has 3 heteroatoms. The summed E-state index contributed by atoms with van der Waals surface area (Å²) in [7, 11) is 0. The third kappa shape index (κ3) is 1.28. The molecule has 1 saturated heterocycles. The lowest BCUT2D eigenvalue weighted by atomic mass is 9.93. The Morgan fingerprint density at radius 2 is 2.67 bits per heavy atom. The van der Waals surface area contributed by atoms with Crippen molar-refractivity contribution >= 4 is 11.8 Å². The van der Waals surface area contributed by atoms with E-state index in [1.807, 2.05) is 10.8 Å². The molecule has 0 aromatic heterocycles. The van der Waals surface area contributed by atoms with E-state index in [0.29, 0.717) is 5.92 Å². The van der Waals surface area contributed by atoms with Crippen molar-refractivity contribution in [1.29, 1.82) is 5.26 Å². The normalized spacial score (nSPS) is 35.4. The van der Waals surface area contributed by atoms with E-state index in [9.17, 15) is 0 Å². The van der Waals surface area contributed by atoms with Crippen LogP contribution in [0.15, 0.2) is 23.1 Å². The lowest BCUT2D eigenvalue weighted by Gasteiger charge is -2.14. The van der Waals surface area contributed by atoms with E-state index in [1.165, 1.54) is 17.3 Å². The molecule has 12 heavy (non-hydrogen) atoms. The second-order valence-corrected chi connectivity index (χ2v) is 3.57. The molecule has 2 atom stereocenters. The van der Waals surface area contributed by atoms with Crippen LogP contribution in [0.5, 0.6) is 0 Å². The van der Waals surface area contributed by atoms with Crippen LogP contribution in [-0.4, -0.2) is 12.7 Å². The molecule has 0 saturated carbocycles. The number of thiocyanates is 1. The standard InChI is InChI=1S/C9H9NOS/c10-6-12-5-8-7-2-1-3-9(8)11-4-7/h1-2,5,7,9H,3-4H2/t7-,9-/m1/s1. The first-order valence-electron chi connectivity index (χ1n) is 3.95. The van der Waals surface area contributed by atoms with Gasteiger partial charge in [0, 0.05) is 5.92 Å². The maximum absolute atomic E-state index is 8.40. The minimum absolute atomic E-state index is 0.251. The van der Waals surface area contributed by atoms with Gasteiger partial charge in [0.15, 0.2) is 0 Å². The number of nitriles is 1. The summed E-state index contributed by atoms with van der Waals surface area (Å²) in [5, 5.41) is 12.4. The second-order valence-electron chi connectivity index (χ2n) is 2.92. The van der Waals surface area contributed by atoms with Gasteiger partial charge in [-0.3, -0.25) is 0 Å². The van der Waals surface area contributed by atoms with Crippen LogP contribution in [0.2, 0.25) is 0 Å². The molecule has 2 rings (SSSR count). The number of thioether (sulfide) groups is 1. The molecule has 2 aliphatic rings. The number of fused-ring (bicyclic) bond motifs is 2. The summed E-state index contributed by atoms with van der Waals surface area (Å²) in [5.41, 5.74) is 1.28. The first-order chi connectivity index (χ1) is 5.92. The molecule has 62 valence electrons. The molecule has 0 N–H and O–H groups in total. The first kappa shape index (κ1) is 7.90. The summed E-state index contributed by atoms with van der Waals surface area (Å²) in [6.45, 7) is 0.791. The third-order valence-corrected chi connectivity index (χ3v) is 2.74. The van der Waals surface area contributed by atoms with Crippen LogP contribution < -0.4 is 0 Å². The Balaban J connectivity index is 2.17. The predicted octanol–water partition coefficient (Wildman–Crippen LogP) is 2.06. The molecule has 2 nitrogen and oxygen atoms in total. The van der Waals surface area contributed by atoms with Crippen molar-refractivity contribution in [3.63, 3.8) is 0 Å². The fraction of sp³-hybridized carbons (Fsp3) is 0.444. The topological polar surface area (TPSA) is 33.0 Å². The molecule has 0 radical (unpaired) electrons. The molecule has 0 aromatic carbocycles. The van der Waals surface area contributed by atoms with Gasteiger partial charge in [-0.2, -0.15) is 5.26 Å². The van der Waals surface area contributed by atoms with Gasteiger partial charge in [-0.05, 0) is 29.2 Å². The minimum Gasteiger partial charge on any atom is -0.373 e. The predicted molar refractivity (Wildman–Crippen MR) is 48.3 cm³/mol. The minimum atomic E-state index is 0.251. The summed E-state index contributed by atoms with van der Waals surface area (Å²) < 4.78 is 5.53. The Morgan fingerprint density at radius 3 is 3.42 bits per heavy atom. The van der Waals surface area contributed by atoms with E-state index in [4.69, 9.17) is 10.00 Å². The Bertz CT molecular complexity index is 277. The van der Waals surface area contributed by atoms with Crippen LogP contribution in [0.25, 0.3) is 0 Å². The molecule has 0 amide bonds. The van der Waals surface area contributed by atoms with Crippen LogP contribution in [0.4, 0.5) is 0 Å². The van der Waals surface area contributed by atoms with Gasteiger partial charge in [-0.25, -0.2) is 0 Å². The van der Waals surface area contributed by atoms with Crippen LogP contribution in [0, 0.1) is 16.6 Å². The highest BCUT2D eigenvalue weighted by molar-refractivity contribution is 8.06. The lowest BCUT2D eigenvalue weighted by Crippen LogP contribution is -2.10. The first-order valence-corrected chi connectivity index (χ1v) is 4.82. The Kier molecular flexibility index (Phi) is 2.20. The number of nitrogens with zero attached hydrogens (tertiary/aromatic N) is 1. The molecule has 0 aromatic rings. The maximum atomic E-state index is 8.40. The number of hydrogen-bond acceptors (Lipinski definition) is 3. The van der Waals surface area contributed by atoms with Crippen LogP contribution in [-0.2, 0) is 4.74 Å². The van der Waals surface area contributed by atoms with Gasteiger partial charge < -0.3 is 4.74 Å². The molecule has 1 heterocycles. The van der Waals surface area contributed by atoms with Crippen LogP contribution in [0.3, 0.4) is 0 Å². The summed E-state index contributed by atoms with van der Waals surface area (Å²) in [4.78, 5) is 0. The summed E-state index contributed by atoms with van der Waals surface area (Å²) in [6.07, 6.45) is 5.55. The summed E-state index contributed by atoms with van der Waals surface area (Å²) >= 11 is 1.19. The van der Waals surface area contributed by atoms with Gasteiger partial charge in [0.25, 0.3) is 0 Å². The van der Waals surface area contributed by atoms with E-state index in [0.717, 1.165) is 13.0 Å². The smallest absolute Gasteiger partial charge is 0.137 e. The average Bonchev–Trinajstić information content (AvgIpc) is 2.36. The maximum Gasteiger partial charge on any atom is 0.137 e.